The second-order valence-electron chi connectivity index (χ2n) is 6.21. The first-order valence-corrected chi connectivity index (χ1v) is 8.08. The van der Waals surface area contributed by atoms with Crippen molar-refractivity contribution < 1.29 is 4.79 Å². The summed E-state index contributed by atoms with van der Waals surface area (Å²) < 4.78 is 0. The van der Waals surface area contributed by atoms with Gasteiger partial charge in [0, 0.05) is 16.1 Å². The molecule has 22 heavy (non-hydrogen) atoms. The number of carbonyl (C=O) groups is 1. The van der Waals surface area contributed by atoms with Crippen LogP contribution in [0.3, 0.4) is 0 Å². The highest BCUT2D eigenvalue weighted by molar-refractivity contribution is 6.30. The summed E-state index contributed by atoms with van der Waals surface area (Å²) >= 11 is 5.94. The molecule has 0 heterocycles. The molecular weight excluding hydrogens is 294 g/mol. The van der Waals surface area contributed by atoms with Gasteiger partial charge in [-0.1, -0.05) is 41.9 Å². The molecule has 0 spiro atoms. The molecule has 2 aromatic carbocycles. The first-order chi connectivity index (χ1) is 10.6. The van der Waals surface area contributed by atoms with Crippen molar-refractivity contribution in [1.82, 2.24) is 5.32 Å². The maximum atomic E-state index is 12.6. The molecule has 1 amide bonds. The second-order valence-corrected chi connectivity index (χ2v) is 6.64. The quantitative estimate of drug-likeness (QED) is 0.882. The molecule has 0 bridgehead atoms. The SMILES string of the molecule is Cc1ccccc1C(=O)NC1(Cc2ccc(Cl)cc2)CCC1. The Bertz CT molecular complexity index is 674. The van der Waals surface area contributed by atoms with Crippen molar-refractivity contribution in [2.75, 3.05) is 0 Å². The summed E-state index contributed by atoms with van der Waals surface area (Å²) in [5.41, 5.74) is 2.90. The first-order valence-electron chi connectivity index (χ1n) is 7.71. The Balaban J connectivity index is 1.75. The summed E-state index contributed by atoms with van der Waals surface area (Å²) in [5.74, 6) is 0.0340. The molecule has 0 aliphatic heterocycles. The number of carbonyl (C=O) groups excluding carboxylic acids is 1. The van der Waals surface area contributed by atoms with Crippen LogP contribution in [-0.2, 0) is 6.42 Å². The third-order valence-corrected chi connectivity index (χ3v) is 4.79. The van der Waals surface area contributed by atoms with E-state index >= 15 is 0 Å². The molecule has 1 fully saturated rings. The van der Waals surface area contributed by atoms with Crippen LogP contribution < -0.4 is 5.32 Å². The summed E-state index contributed by atoms with van der Waals surface area (Å²) in [5, 5.41) is 4.02. The van der Waals surface area contributed by atoms with Crippen LogP contribution in [0.1, 0.15) is 40.7 Å². The zero-order valence-electron chi connectivity index (χ0n) is 12.7. The second kappa shape index (κ2) is 6.13. The molecule has 0 radical (unpaired) electrons. The summed E-state index contributed by atoms with van der Waals surface area (Å²) in [7, 11) is 0. The molecule has 1 saturated carbocycles. The van der Waals surface area contributed by atoms with Crippen molar-refractivity contribution in [3.63, 3.8) is 0 Å². The topological polar surface area (TPSA) is 29.1 Å². The Morgan fingerprint density at radius 1 is 1.14 bits per heavy atom. The van der Waals surface area contributed by atoms with E-state index in [1.165, 1.54) is 12.0 Å². The lowest BCUT2D eigenvalue weighted by Crippen LogP contribution is -2.55. The third-order valence-electron chi connectivity index (χ3n) is 4.53. The van der Waals surface area contributed by atoms with Crippen LogP contribution >= 0.6 is 11.6 Å². The number of aryl methyl sites for hydroxylation is 1. The lowest BCUT2D eigenvalue weighted by Gasteiger charge is -2.43. The number of rotatable bonds is 4. The Hall–Kier alpha value is -1.80. The summed E-state index contributed by atoms with van der Waals surface area (Å²) in [6.07, 6.45) is 4.10. The van der Waals surface area contributed by atoms with Crippen molar-refractivity contribution in [2.24, 2.45) is 0 Å². The molecule has 0 aromatic heterocycles. The van der Waals surface area contributed by atoms with Crippen LogP contribution in [0.15, 0.2) is 48.5 Å². The zero-order valence-corrected chi connectivity index (χ0v) is 13.5. The highest BCUT2D eigenvalue weighted by Gasteiger charge is 2.38. The van der Waals surface area contributed by atoms with Gasteiger partial charge in [-0.25, -0.2) is 0 Å². The molecule has 1 N–H and O–H groups in total. The smallest absolute Gasteiger partial charge is 0.251 e. The number of nitrogens with one attached hydrogen (secondary N) is 1. The van der Waals surface area contributed by atoms with Gasteiger partial charge in [-0.3, -0.25) is 4.79 Å². The van der Waals surface area contributed by atoms with Gasteiger partial charge in [-0.2, -0.15) is 0 Å². The van der Waals surface area contributed by atoms with Crippen LogP contribution in [0.2, 0.25) is 5.02 Å². The largest absolute Gasteiger partial charge is 0.346 e. The molecule has 2 aromatic rings. The van der Waals surface area contributed by atoms with Crippen molar-refractivity contribution in [1.29, 1.82) is 0 Å². The van der Waals surface area contributed by atoms with E-state index in [1.807, 2.05) is 55.5 Å². The van der Waals surface area contributed by atoms with Crippen LogP contribution in [0.4, 0.5) is 0 Å². The minimum Gasteiger partial charge on any atom is -0.346 e. The van der Waals surface area contributed by atoms with Crippen molar-refractivity contribution >= 4 is 17.5 Å². The average Bonchev–Trinajstić information content (AvgIpc) is 2.47. The van der Waals surface area contributed by atoms with Gasteiger partial charge in [0.15, 0.2) is 0 Å². The highest BCUT2D eigenvalue weighted by atomic mass is 35.5. The molecule has 1 aliphatic rings. The molecule has 0 saturated heterocycles. The normalized spacial score (nSPS) is 15.9. The zero-order chi connectivity index (χ0) is 15.6. The lowest BCUT2D eigenvalue weighted by atomic mass is 9.72. The van der Waals surface area contributed by atoms with Crippen LogP contribution in [0, 0.1) is 6.92 Å². The number of halogens is 1. The fourth-order valence-electron chi connectivity index (χ4n) is 3.08. The van der Waals surface area contributed by atoms with E-state index in [2.05, 4.69) is 5.32 Å². The fourth-order valence-corrected chi connectivity index (χ4v) is 3.20. The third kappa shape index (κ3) is 3.17. The van der Waals surface area contributed by atoms with Gasteiger partial charge in [0.1, 0.15) is 0 Å². The van der Waals surface area contributed by atoms with Gasteiger partial charge in [0.05, 0.1) is 0 Å². The van der Waals surface area contributed by atoms with Crippen molar-refractivity contribution in [2.45, 2.75) is 38.1 Å². The van der Waals surface area contributed by atoms with E-state index in [0.29, 0.717) is 0 Å². The molecule has 1 aliphatic carbocycles. The van der Waals surface area contributed by atoms with E-state index in [-0.39, 0.29) is 11.4 Å². The number of hydrogen-bond donors (Lipinski definition) is 1. The lowest BCUT2D eigenvalue weighted by molar-refractivity contribution is 0.0826. The van der Waals surface area contributed by atoms with E-state index in [9.17, 15) is 4.79 Å². The molecule has 114 valence electrons. The monoisotopic (exact) mass is 313 g/mol. The summed E-state index contributed by atoms with van der Waals surface area (Å²) in [4.78, 5) is 12.6. The Morgan fingerprint density at radius 3 is 2.41 bits per heavy atom. The van der Waals surface area contributed by atoms with Gasteiger partial charge in [-0.15, -0.1) is 0 Å². The predicted octanol–water partition coefficient (Wildman–Crippen LogP) is 4.54. The Kier molecular flexibility index (Phi) is 4.21. The van der Waals surface area contributed by atoms with E-state index in [4.69, 9.17) is 11.6 Å². The summed E-state index contributed by atoms with van der Waals surface area (Å²) in [6.45, 7) is 1.97. The van der Waals surface area contributed by atoms with E-state index in [1.54, 1.807) is 0 Å². The van der Waals surface area contributed by atoms with Gasteiger partial charge in [0.2, 0.25) is 0 Å². The molecule has 2 nitrogen and oxygen atoms in total. The molecular formula is C19H20ClNO. The van der Waals surface area contributed by atoms with Gasteiger partial charge >= 0.3 is 0 Å². The van der Waals surface area contributed by atoms with Gasteiger partial charge < -0.3 is 5.32 Å². The fraction of sp³-hybridized carbons (Fsp3) is 0.316. The Labute approximate surface area is 136 Å². The Morgan fingerprint density at radius 2 is 1.82 bits per heavy atom. The summed E-state index contributed by atoms with van der Waals surface area (Å²) in [6, 6.07) is 15.6. The van der Waals surface area contributed by atoms with Crippen LogP contribution in [0.5, 0.6) is 0 Å². The van der Waals surface area contributed by atoms with E-state index in [0.717, 1.165) is 35.4 Å². The molecule has 3 rings (SSSR count). The first kappa shape index (κ1) is 15.1. The predicted molar refractivity (Wildman–Crippen MR) is 90.4 cm³/mol. The molecule has 0 unspecified atom stereocenters. The van der Waals surface area contributed by atoms with Crippen molar-refractivity contribution in [3.8, 4) is 0 Å². The van der Waals surface area contributed by atoms with Crippen LogP contribution in [0.25, 0.3) is 0 Å². The minimum absolute atomic E-state index is 0.0340. The van der Waals surface area contributed by atoms with Gasteiger partial charge in [-0.05, 0) is 61.9 Å². The van der Waals surface area contributed by atoms with Crippen molar-refractivity contribution in [3.05, 3.63) is 70.2 Å². The standard InChI is InChI=1S/C19H20ClNO/c1-14-5-2-3-6-17(14)18(22)21-19(11-4-12-19)13-15-7-9-16(20)10-8-15/h2-3,5-10H,4,11-13H2,1H3,(H,21,22). The maximum Gasteiger partial charge on any atom is 0.251 e. The van der Waals surface area contributed by atoms with Crippen LogP contribution in [-0.4, -0.2) is 11.4 Å². The number of benzene rings is 2. The highest BCUT2D eigenvalue weighted by Crippen LogP contribution is 2.35. The number of amides is 1. The van der Waals surface area contributed by atoms with Gasteiger partial charge in [0.25, 0.3) is 5.91 Å². The molecule has 0 atom stereocenters. The minimum atomic E-state index is -0.104. The average molecular weight is 314 g/mol. The molecule has 3 heteroatoms. The maximum absolute atomic E-state index is 12.6. The van der Waals surface area contributed by atoms with E-state index < -0.39 is 0 Å². The number of hydrogen-bond acceptors (Lipinski definition) is 1.